The van der Waals surface area contributed by atoms with Crippen LogP contribution in [-0.2, 0) is 9.53 Å². The van der Waals surface area contributed by atoms with Gasteiger partial charge in [-0.25, -0.2) is 0 Å². The number of nitrogens with zero attached hydrogens (tertiary/aromatic N) is 1. The molecule has 22 heavy (non-hydrogen) atoms. The highest BCUT2D eigenvalue weighted by molar-refractivity contribution is 9.10. The van der Waals surface area contributed by atoms with Gasteiger partial charge in [0.15, 0.2) is 0 Å². The smallest absolute Gasteiger partial charge is 0.251 e. The molecule has 0 saturated carbocycles. The molecule has 120 valence electrons. The lowest BCUT2D eigenvalue weighted by molar-refractivity contribution is -0.120. The maximum absolute atomic E-state index is 11.9. The van der Waals surface area contributed by atoms with Crippen LogP contribution in [0.5, 0.6) is 0 Å². The molecule has 0 spiro atoms. The second kappa shape index (κ2) is 8.87. The van der Waals surface area contributed by atoms with Crippen molar-refractivity contribution < 1.29 is 14.3 Å². The van der Waals surface area contributed by atoms with Crippen LogP contribution < -0.4 is 10.6 Å². The van der Waals surface area contributed by atoms with E-state index in [1.807, 2.05) is 0 Å². The number of rotatable bonds is 6. The monoisotopic (exact) mass is 369 g/mol. The van der Waals surface area contributed by atoms with Gasteiger partial charge in [0, 0.05) is 36.2 Å². The van der Waals surface area contributed by atoms with Gasteiger partial charge in [-0.1, -0.05) is 15.9 Å². The zero-order valence-electron chi connectivity index (χ0n) is 12.3. The number of nitrogens with one attached hydrogen (secondary N) is 2. The normalized spacial score (nSPS) is 15.3. The third-order valence-electron chi connectivity index (χ3n) is 3.37. The first-order chi connectivity index (χ1) is 10.6. The lowest BCUT2D eigenvalue weighted by Gasteiger charge is -2.26. The second-order valence-electron chi connectivity index (χ2n) is 4.99. The molecule has 0 unspecified atom stereocenters. The van der Waals surface area contributed by atoms with Crippen LogP contribution in [0.4, 0.5) is 0 Å². The van der Waals surface area contributed by atoms with Gasteiger partial charge in [-0.05, 0) is 24.3 Å². The predicted octanol–water partition coefficient (Wildman–Crippen LogP) is 0.627. The first-order valence-corrected chi connectivity index (χ1v) is 8.05. The molecule has 0 aliphatic carbocycles. The molecule has 2 N–H and O–H groups in total. The Hall–Kier alpha value is -1.44. The third-order valence-corrected chi connectivity index (χ3v) is 3.90. The molecule has 1 saturated heterocycles. The average Bonchev–Trinajstić information content (AvgIpc) is 2.54. The third kappa shape index (κ3) is 5.75. The Morgan fingerprint density at radius 1 is 1.14 bits per heavy atom. The van der Waals surface area contributed by atoms with Crippen molar-refractivity contribution in [3.05, 3.63) is 34.3 Å². The van der Waals surface area contributed by atoms with Gasteiger partial charge in [0.2, 0.25) is 5.91 Å². The van der Waals surface area contributed by atoms with Crippen molar-refractivity contribution in [2.45, 2.75) is 0 Å². The van der Waals surface area contributed by atoms with Crippen LogP contribution in [-0.4, -0.2) is 62.7 Å². The van der Waals surface area contributed by atoms with E-state index in [0.29, 0.717) is 12.1 Å². The molecule has 2 amide bonds. The molecule has 2 rings (SSSR count). The Kier molecular flexibility index (Phi) is 6.82. The van der Waals surface area contributed by atoms with Gasteiger partial charge in [-0.3, -0.25) is 14.5 Å². The van der Waals surface area contributed by atoms with Crippen molar-refractivity contribution in [2.75, 3.05) is 45.9 Å². The summed E-state index contributed by atoms with van der Waals surface area (Å²) in [6, 6.07) is 6.99. The Bertz CT molecular complexity index is 501. The summed E-state index contributed by atoms with van der Waals surface area (Å²) in [4.78, 5) is 25.8. The lowest BCUT2D eigenvalue weighted by atomic mass is 10.2. The summed E-state index contributed by atoms with van der Waals surface area (Å²) < 4.78 is 6.17. The molecule has 1 heterocycles. The number of benzene rings is 1. The van der Waals surface area contributed by atoms with Gasteiger partial charge < -0.3 is 15.4 Å². The Balaban J connectivity index is 1.62. The summed E-state index contributed by atoms with van der Waals surface area (Å²) in [5, 5.41) is 5.41. The number of morpholine rings is 1. The highest BCUT2D eigenvalue weighted by atomic mass is 79.9. The largest absolute Gasteiger partial charge is 0.379 e. The summed E-state index contributed by atoms with van der Waals surface area (Å²) in [5.74, 6) is -0.436. The van der Waals surface area contributed by atoms with E-state index in [2.05, 4.69) is 31.5 Å². The molecule has 7 heteroatoms. The molecule has 6 nitrogen and oxygen atoms in total. The van der Waals surface area contributed by atoms with Gasteiger partial charge in [0.25, 0.3) is 5.91 Å². The first-order valence-electron chi connectivity index (χ1n) is 7.26. The maximum Gasteiger partial charge on any atom is 0.251 e. The number of hydrogen-bond donors (Lipinski definition) is 2. The molecule has 1 aromatic rings. The number of halogens is 1. The van der Waals surface area contributed by atoms with E-state index in [0.717, 1.165) is 37.3 Å². The van der Waals surface area contributed by atoms with Crippen molar-refractivity contribution in [3.63, 3.8) is 0 Å². The number of carbonyl (C=O) groups is 2. The van der Waals surface area contributed by atoms with Gasteiger partial charge in [0.1, 0.15) is 0 Å². The number of ether oxygens (including phenoxy) is 1. The molecule has 0 aromatic heterocycles. The zero-order chi connectivity index (χ0) is 15.8. The second-order valence-corrected chi connectivity index (χ2v) is 5.91. The van der Waals surface area contributed by atoms with Crippen molar-refractivity contribution in [1.29, 1.82) is 0 Å². The van der Waals surface area contributed by atoms with E-state index in [1.165, 1.54) is 0 Å². The average molecular weight is 370 g/mol. The molecule has 1 aliphatic rings. The van der Waals surface area contributed by atoms with Crippen molar-refractivity contribution in [3.8, 4) is 0 Å². The molecule has 1 fully saturated rings. The fourth-order valence-electron chi connectivity index (χ4n) is 2.10. The van der Waals surface area contributed by atoms with E-state index < -0.39 is 0 Å². The molecule has 1 aromatic carbocycles. The summed E-state index contributed by atoms with van der Waals surface area (Å²) in [6.07, 6.45) is 0. The number of carbonyl (C=O) groups excluding carboxylic acids is 2. The van der Waals surface area contributed by atoms with Crippen LogP contribution in [0.2, 0.25) is 0 Å². The van der Waals surface area contributed by atoms with E-state index in [-0.39, 0.29) is 18.4 Å². The van der Waals surface area contributed by atoms with Gasteiger partial charge in [0.05, 0.1) is 19.8 Å². The van der Waals surface area contributed by atoms with E-state index in [9.17, 15) is 9.59 Å². The molecule has 0 atom stereocenters. The van der Waals surface area contributed by atoms with Gasteiger partial charge in [-0.15, -0.1) is 0 Å². The fraction of sp³-hybridized carbons (Fsp3) is 0.467. The molecule has 1 aliphatic heterocycles. The minimum absolute atomic E-state index is 0.0159. The van der Waals surface area contributed by atoms with Crippen LogP contribution in [0.3, 0.4) is 0 Å². The predicted molar refractivity (Wildman–Crippen MR) is 86.7 cm³/mol. The van der Waals surface area contributed by atoms with Crippen LogP contribution in [0.15, 0.2) is 28.7 Å². The number of amides is 2. The molecule has 0 bridgehead atoms. The van der Waals surface area contributed by atoms with Crippen molar-refractivity contribution in [1.82, 2.24) is 15.5 Å². The van der Waals surface area contributed by atoms with E-state index in [1.54, 1.807) is 24.3 Å². The fourth-order valence-corrected chi connectivity index (χ4v) is 2.37. The summed E-state index contributed by atoms with van der Waals surface area (Å²) in [5.41, 5.74) is 0.532. The Labute approximate surface area is 138 Å². The number of hydrogen-bond acceptors (Lipinski definition) is 4. The summed E-state index contributed by atoms with van der Waals surface area (Å²) in [6.45, 7) is 4.65. The molecule has 0 radical (unpaired) electrons. The van der Waals surface area contributed by atoms with Crippen LogP contribution in [0, 0.1) is 0 Å². The lowest BCUT2D eigenvalue weighted by Crippen LogP contribution is -2.43. The Morgan fingerprint density at radius 2 is 1.82 bits per heavy atom. The SMILES string of the molecule is O=C(CNC(=O)c1ccc(Br)cc1)NCCN1CCOCC1. The topological polar surface area (TPSA) is 70.7 Å². The quantitative estimate of drug-likeness (QED) is 0.771. The molecular weight excluding hydrogens is 350 g/mol. The highest BCUT2D eigenvalue weighted by Gasteiger charge is 2.11. The molecular formula is C15H20BrN3O3. The highest BCUT2D eigenvalue weighted by Crippen LogP contribution is 2.10. The summed E-state index contributed by atoms with van der Waals surface area (Å²) >= 11 is 3.31. The van der Waals surface area contributed by atoms with Crippen LogP contribution in [0.1, 0.15) is 10.4 Å². The van der Waals surface area contributed by atoms with E-state index in [4.69, 9.17) is 4.74 Å². The Morgan fingerprint density at radius 3 is 2.50 bits per heavy atom. The minimum atomic E-state index is -0.254. The van der Waals surface area contributed by atoms with Crippen LogP contribution in [0.25, 0.3) is 0 Å². The van der Waals surface area contributed by atoms with Crippen molar-refractivity contribution >= 4 is 27.7 Å². The zero-order valence-corrected chi connectivity index (χ0v) is 13.9. The first kappa shape index (κ1) is 16.9. The van der Waals surface area contributed by atoms with E-state index >= 15 is 0 Å². The maximum atomic E-state index is 11.9. The van der Waals surface area contributed by atoms with Gasteiger partial charge in [-0.2, -0.15) is 0 Å². The van der Waals surface area contributed by atoms with Crippen molar-refractivity contribution in [2.24, 2.45) is 0 Å². The summed E-state index contributed by atoms with van der Waals surface area (Å²) in [7, 11) is 0. The van der Waals surface area contributed by atoms with Crippen LogP contribution >= 0.6 is 15.9 Å². The standard InChI is InChI=1S/C15H20BrN3O3/c16-13-3-1-12(2-4-13)15(21)18-11-14(20)17-5-6-19-7-9-22-10-8-19/h1-4H,5-11H2,(H,17,20)(H,18,21). The van der Waals surface area contributed by atoms with Gasteiger partial charge >= 0.3 is 0 Å². The minimum Gasteiger partial charge on any atom is -0.379 e.